The van der Waals surface area contributed by atoms with Crippen molar-refractivity contribution in [1.29, 1.82) is 0 Å². The van der Waals surface area contributed by atoms with Crippen molar-refractivity contribution in [2.75, 3.05) is 11.9 Å². The van der Waals surface area contributed by atoms with Crippen LogP contribution in [0.2, 0.25) is 0 Å². The number of amides is 1. The average Bonchev–Trinajstić information content (AvgIpc) is 2.65. The molecule has 0 bridgehead atoms. The summed E-state index contributed by atoms with van der Waals surface area (Å²) in [6.45, 7) is 0.336. The standard InChI is InChI=1S/C18H15I2N2O2PS/c19-25(20)26-24-12-17(13-4-2-1-3-5-13)18(23)22-16-7-6-15-11-21-9-8-14(15)10-16/h1-11,17H,12H2,(H,22,23). The van der Waals surface area contributed by atoms with Crippen molar-refractivity contribution in [1.82, 2.24) is 4.98 Å². The Morgan fingerprint density at radius 2 is 1.96 bits per heavy atom. The Hall–Kier alpha value is -0.480. The summed E-state index contributed by atoms with van der Waals surface area (Å²) in [5.74, 6) is -0.434. The highest BCUT2D eigenvalue weighted by Crippen LogP contribution is 2.65. The minimum absolute atomic E-state index is 0.0727. The Morgan fingerprint density at radius 3 is 2.73 bits per heavy atom. The molecule has 0 saturated carbocycles. The summed E-state index contributed by atoms with van der Waals surface area (Å²) in [6.07, 6.45) is 3.56. The second-order valence-corrected chi connectivity index (χ2v) is 23.0. The molecule has 1 N–H and O–H groups in total. The van der Waals surface area contributed by atoms with Crippen LogP contribution in [0.5, 0.6) is 0 Å². The van der Waals surface area contributed by atoms with E-state index in [4.69, 9.17) is 4.18 Å². The number of rotatable bonds is 7. The zero-order valence-electron chi connectivity index (χ0n) is 13.5. The van der Waals surface area contributed by atoms with E-state index in [0.717, 1.165) is 22.0 Å². The lowest BCUT2D eigenvalue weighted by Crippen LogP contribution is -2.24. The normalized spacial score (nSPS) is 12.3. The molecule has 1 amide bonds. The molecule has 4 nitrogen and oxygen atoms in total. The average molecular weight is 608 g/mol. The Morgan fingerprint density at radius 1 is 1.15 bits per heavy atom. The summed E-state index contributed by atoms with van der Waals surface area (Å²) in [6, 6.07) is 17.5. The SMILES string of the molecule is O=C(Nc1ccc2cnccc2c1)C(COSP(I)I)c1ccccc1. The van der Waals surface area contributed by atoms with Gasteiger partial charge in [-0.05, 0) is 73.2 Å². The first-order valence-corrected chi connectivity index (χ1v) is 16.0. The van der Waals surface area contributed by atoms with Gasteiger partial charge in [-0.1, -0.05) is 36.4 Å². The quantitative estimate of drug-likeness (QED) is 0.184. The van der Waals surface area contributed by atoms with Gasteiger partial charge in [0.1, 0.15) is 2.41 Å². The van der Waals surface area contributed by atoms with Crippen molar-refractivity contribution >= 4 is 80.5 Å². The van der Waals surface area contributed by atoms with Crippen molar-refractivity contribution in [3.63, 3.8) is 0 Å². The number of hydrogen-bond donors (Lipinski definition) is 1. The van der Waals surface area contributed by atoms with Gasteiger partial charge in [-0.3, -0.25) is 9.78 Å². The predicted molar refractivity (Wildman–Crippen MR) is 128 cm³/mol. The number of pyridine rings is 1. The van der Waals surface area contributed by atoms with Crippen LogP contribution in [0, 0.1) is 0 Å². The number of hydrogen-bond acceptors (Lipinski definition) is 4. The number of benzene rings is 2. The Balaban J connectivity index is 1.77. The molecule has 0 aliphatic heterocycles. The van der Waals surface area contributed by atoms with Gasteiger partial charge in [-0.25, -0.2) is 0 Å². The van der Waals surface area contributed by atoms with E-state index in [1.165, 1.54) is 11.7 Å². The summed E-state index contributed by atoms with van der Waals surface area (Å²) in [7, 11) is 0. The molecule has 0 fully saturated rings. The number of anilines is 1. The van der Waals surface area contributed by atoms with Gasteiger partial charge in [0.25, 0.3) is 0 Å². The summed E-state index contributed by atoms with van der Waals surface area (Å²) in [5.41, 5.74) is 1.72. The highest BCUT2D eigenvalue weighted by atomic mass is 127. The van der Waals surface area contributed by atoms with Gasteiger partial charge in [0.05, 0.1) is 12.5 Å². The van der Waals surface area contributed by atoms with Crippen LogP contribution in [0.15, 0.2) is 67.0 Å². The van der Waals surface area contributed by atoms with E-state index in [0.29, 0.717) is 6.61 Å². The first-order valence-electron chi connectivity index (χ1n) is 7.74. The maximum atomic E-state index is 12.9. The first kappa shape index (κ1) is 20.3. The summed E-state index contributed by atoms with van der Waals surface area (Å²) >= 11 is 6.09. The van der Waals surface area contributed by atoms with Crippen molar-refractivity contribution in [3.05, 3.63) is 72.6 Å². The molecule has 0 radical (unpaired) electrons. The van der Waals surface area contributed by atoms with Gasteiger partial charge in [0, 0.05) is 35.1 Å². The highest BCUT2D eigenvalue weighted by molar-refractivity contribution is 14.3. The van der Waals surface area contributed by atoms with Crippen LogP contribution in [-0.2, 0) is 8.98 Å². The smallest absolute Gasteiger partial charge is 0.234 e. The van der Waals surface area contributed by atoms with E-state index in [-0.39, 0.29) is 14.2 Å². The van der Waals surface area contributed by atoms with Crippen LogP contribution < -0.4 is 5.32 Å². The Labute approximate surface area is 183 Å². The lowest BCUT2D eigenvalue weighted by molar-refractivity contribution is -0.118. The van der Waals surface area contributed by atoms with E-state index in [2.05, 4.69) is 54.4 Å². The van der Waals surface area contributed by atoms with E-state index < -0.39 is 0 Å². The van der Waals surface area contributed by atoms with Gasteiger partial charge in [0.2, 0.25) is 5.91 Å². The third-order valence-electron chi connectivity index (χ3n) is 3.77. The minimum Gasteiger partial charge on any atom is -0.325 e. The molecular formula is C18H15I2N2O2PS. The summed E-state index contributed by atoms with van der Waals surface area (Å²) in [5, 5.41) is 5.11. The van der Waals surface area contributed by atoms with Crippen molar-refractivity contribution < 1.29 is 8.98 Å². The molecule has 8 heteroatoms. The monoisotopic (exact) mass is 608 g/mol. The molecule has 1 aromatic heterocycles. The fourth-order valence-corrected chi connectivity index (χ4v) is 5.28. The van der Waals surface area contributed by atoms with Gasteiger partial charge in [-0.15, -0.1) is 0 Å². The van der Waals surface area contributed by atoms with E-state index in [1.807, 2.05) is 60.8 Å². The molecule has 0 aliphatic carbocycles. The number of aromatic nitrogens is 1. The molecule has 134 valence electrons. The number of halogens is 2. The largest absolute Gasteiger partial charge is 0.325 e. The second-order valence-electron chi connectivity index (χ2n) is 5.45. The number of carbonyl (C=O) groups is 1. The fraction of sp³-hybridized carbons (Fsp3) is 0.111. The predicted octanol–water partition coefficient (Wildman–Crippen LogP) is 6.72. The van der Waals surface area contributed by atoms with Crippen LogP contribution in [0.3, 0.4) is 0 Å². The highest BCUT2D eigenvalue weighted by Gasteiger charge is 2.22. The van der Waals surface area contributed by atoms with Crippen LogP contribution in [0.1, 0.15) is 11.5 Å². The first-order chi connectivity index (χ1) is 12.6. The van der Waals surface area contributed by atoms with E-state index in [9.17, 15) is 4.79 Å². The number of nitrogens with one attached hydrogen (secondary N) is 1. The molecular weight excluding hydrogens is 593 g/mol. The van der Waals surface area contributed by atoms with E-state index in [1.54, 1.807) is 6.20 Å². The number of carbonyl (C=O) groups excluding carboxylic acids is 1. The maximum Gasteiger partial charge on any atom is 0.234 e. The molecule has 0 spiro atoms. The van der Waals surface area contributed by atoms with Crippen LogP contribution in [0.25, 0.3) is 10.8 Å². The lowest BCUT2D eigenvalue weighted by atomic mass is 9.99. The summed E-state index contributed by atoms with van der Waals surface area (Å²) < 4.78 is 5.41. The van der Waals surface area contributed by atoms with Crippen molar-refractivity contribution in [2.24, 2.45) is 0 Å². The third kappa shape index (κ3) is 5.76. The zero-order valence-corrected chi connectivity index (χ0v) is 19.5. The molecule has 1 heterocycles. The van der Waals surface area contributed by atoms with Gasteiger partial charge in [-0.2, -0.15) is 0 Å². The number of fused-ring (bicyclic) bond motifs is 1. The molecule has 3 aromatic rings. The molecule has 3 rings (SSSR count). The summed E-state index contributed by atoms with van der Waals surface area (Å²) in [4.78, 5) is 17.0. The molecule has 0 saturated heterocycles. The topological polar surface area (TPSA) is 51.2 Å². The molecule has 26 heavy (non-hydrogen) atoms. The molecule has 2 aromatic carbocycles. The van der Waals surface area contributed by atoms with Crippen LogP contribution >= 0.6 is 58.2 Å². The van der Waals surface area contributed by atoms with Crippen LogP contribution in [-0.4, -0.2) is 17.5 Å². The molecule has 0 aliphatic rings. The van der Waals surface area contributed by atoms with Crippen molar-refractivity contribution in [2.45, 2.75) is 5.92 Å². The van der Waals surface area contributed by atoms with E-state index >= 15 is 0 Å². The number of nitrogens with zero attached hydrogens (tertiary/aromatic N) is 1. The van der Waals surface area contributed by atoms with Crippen molar-refractivity contribution in [3.8, 4) is 0 Å². The fourth-order valence-electron chi connectivity index (χ4n) is 2.54. The van der Waals surface area contributed by atoms with Gasteiger partial charge < -0.3 is 9.50 Å². The minimum atomic E-state index is -0.361. The Bertz CT molecular complexity index is 883. The lowest BCUT2D eigenvalue weighted by Gasteiger charge is -2.17. The maximum absolute atomic E-state index is 12.9. The second kappa shape index (κ2) is 10.2. The zero-order chi connectivity index (χ0) is 18.4. The molecule has 1 unspecified atom stereocenters. The third-order valence-corrected chi connectivity index (χ3v) is 7.67. The van der Waals surface area contributed by atoms with Gasteiger partial charge in [0.15, 0.2) is 0 Å². The Kier molecular flexibility index (Phi) is 7.92. The van der Waals surface area contributed by atoms with Gasteiger partial charge >= 0.3 is 0 Å². The molecule has 1 atom stereocenters. The van der Waals surface area contributed by atoms with Crippen LogP contribution in [0.4, 0.5) is 5.69 Å².